The van der Waals surface area contributed by atoms with Crippen molar-refractivity contribution in [2.75, 3.05) is 0 Å². The van der Waals surface area contributed by atoms with Gasteiger partial charge >= 0.3 is 0 Å². The molecule has 0 aliphatic rings. The van der Waals surface area contributed by atoms with Crippen LogP contribution >= 0.6 is 0 Å². The van der Waals surface area contributed by atoms with Gasteiger partial charge in [0.25, 0.3) is 0 Å². The summed E-state index contributed by atoms with van der Waals surface area (Å²) in [6, 6.07) is 0. The number of hydrogen-bond donors (Lipinski definition) is 0. The molecule has 0 spiro atoms. The zero-order valence-electron chi connectivity index (χ0n) is 4.32. The summed E-state index contributed by atoms with van der Waals surface area (Å²) in [6.07, 6.45) is 0. The summed E-state index contributed by atoms with van der Waals surface area (Å²) in [5, 5.41) is 8.89. The van der Waals surface area contributed by atoms with Gasteiger partial charge in [-0.1, -0.05) is 0 Å². The van der Waals surface area contributed by atoms with Gasteiger partial charge in [0.15, 0.2) is 0 Å². The molecule has 0 bridgehead atoms. The predicted octanol–water partition coefficient (Wildman–Crippen LogP) is -4.10. The molecule has 0 amide bonds. The average molecular weight is 320 g/mol. The number of carbonyl (C=O) groups excluding carboxylic acids is 1. The van der Waals surface area contributed by atoms with Crippen LogP contribution in [0.5, 0.6) is 0 Å². The molecule has 52 valence electrons. The molecule has 0 aromatic heterocycles. The van der Waals surface area contributed by atoms with Crippen LogP contribution in [0.15, 0.2) is 0 Å². The Balaban J connectivity index is -0.00000000750. The molecule has 5 nitrogen and oxygen atoms in total. The first-order valence-corrected chi connectivity index (χ1v) is 0.908. The molecule has 0 aromatic rings. The van der Waals surface area contributed by atoms with E-state index in [1.54, 1.807) is 0 Å². The molecule has 8 heavy (non-hydrogen) atoms. The number of rotatable bonds is 0. The fourth-order valence-electron chi connectivity index (χ4n) is 0. The summed E-state index contributed by atoms with van der Waals surface area (Å²) in [7, 11) is 0. The first kappa shape index (κ1) is 40.9. The van der Waals surface area contributed by atoms with Crippen molar-refractivity contribution in [3.05, 3.63) is 0 Å². The molecular formula is C2H9O5Pb-. The third kappa shape index (κ3) is 2350. The topological polar surface area (TPSA) is 135 Å². The van der Waals surface area contributed by atoms with E-state index in [2.05, 4.69) is 0 Å². The fourth-order valence-corrected chi connectivity index (χ4v) is 0. The molecule has 6 heteroatoms. The molecule has 0 heterocycles. The van der Waals surface area contributed by atoms with Gasteiger partial charge in [-0.25, -0.2) is 0 Å². The zero-order valence-corrected chi connectivity index (χ0v) is 8.20. The smallest absolute Gasteiger partial charge is 0.0383 e. The third-order valence-corrected chi connectivity index (χ3v) is 0. The van der Waals surface area contributed by atoms with E-state index in [4.69, 9.17) is 9.90 Å². The van der Waals surface area contributed by atoms with Crippen molar-refractivity contribution in [1.29, 1.82) is 0 Å². The van der Waals surface area contributed by atoms with Crippen LogP contribution in [0, 0.1) is 0 Å². The minimum atomic E-state index is -1.08. The second kappa shape index (κ2) is 26.7. The van der Waals surface area contributed by atoms with E-state index in [1.165, 1.54) is 0 Å². The van der Waals surface area contributed by atoms with Crippen LogP contribution in [0.1, 0.15) is 6.92 Å². The summed E-state index contributed by atoms with van der Waals surface area (Å²) in [5.74, 6) is -1.08. The van der Waals surface area contributed by atoms with E-state index in [9.17, 15) is 0 Å². The SMILES string of the molecule is CC(=O)[O-].O.O.O.[Pb]. The van der Waals surface area contributed by atoms with Crippen LogP contribution in [0.3, 0.4) is 0 Å². The molecule has 0 fully saturated rings. The molecule has 0 atom stereocenters. The van der Waals surface area contributed by atoms with Gasteiger partial charge in [-0.05, 0) is 6.92 Å². The van der Waals surface area contributed by atoms with Crippen LogP contribution in [0.4, 0.5) is 0 Å². The Morgan fingerprint density at radius 1 is 1.25 bits per heavy atom. The minimum Gasteiger partial charge on any atom is -0.550 e. The molecule has 0 unspecified atom stereocenters. The molecule has 0 saturated carbocycles. The maximum Gasteiger partial charge on any atom is 0.0383 e. The van der Waals surface area contributed by atoms with Crippen LogP contribution in [-0.2, 0) is 4.79 Å². The Hall–Kier alpha value is 0.272. The van der Waals surface area contributed by atoms with Gasteiger partial charge in [-0.3, -0.25) is 0 Å². The molecule has 0 aliphatic carbocycles. The normalized spacial score (nSPS) is 3.12. The number of carbonyl (C=O) groups is 1. The summed E-state index contributed by atoms with van der Waals surface area (Å²) in [6.45, 7) is 0.972. The van der Waals surface area contributed by atoms with E-state index in [-0.39, 0.29) is 43.7 Å². The first-order chi connectivity index (χ1) is 1.73. The summed E-state index contributed by atoms with van der Waals surface area (Å²) >= 11 is 0. The van der Waals surface area contributed by atoms with Crippen LogP contribution < -0.4 is 5.11 Å². The van der Waals surface area contributed by atoms with Crippen molar-refractivity contribution in [2.45, 2.75) is 6.92 Å². The van der Waals surface area contributed by atoms with Gasteiger partial charge in [-0.15, -0.1) is 0 Å². The number of hydrogen-bond acceptors (Lipinski definition) is 2. The maximum absolute atomic E-state index is 8.89. The first-order valence-electron chi connectivity index (χ1n) is 0.908. The van der Waals surface area contributed by atoms with Gasteiger partial charge in [0.1, 0.15) is 0 Å². The van der Waals surface area contributed by atoms with Crippen molar-refractivity contribution in [3.63, 3.8) is 0 Å². The zero-order chi connectivity index (χ0) is 3.58. The van der Waals surface area contributed by atoms with Gasteiger partial charge in [-0.2, -0.15) is 0 Å². The van der Waals surface area contributed by atoms with E-state index in [1.807, 2.05) is 0 Å². The Morgan fingerprint density at radius 3 is 1.25 bits per heavy atom. The van der Waals surface area contributed by atoms with Crippen LogP contribution in [0.25, 0.3) is 0 Å². The van der Waals surface area contributed by atoms with Gasteiger partial charge in [0, 0.05) is 33.3 Å². The van der Waals surface area contributed by atoms with E-state index in [0.29, 0.717) is 0 Å². The number of aliphatic carboxylic acids is 1. The fraction of sp³-hybridized carbons (Fsp3) is 0.500. The van der Waals surface area contributed by atoms with Crippen molar-refractivity contribution in [2.24, 2.45) is 0 Å². The van der Waals surface area contributed by atoms with E-state index < -0.39 is 5.97 Å². The van der Waals surface area contributed by atoms with Crippen molar-refractivity contribution < 1.29 is 26.3 Å². The number of carboxylic acids is 1. The number of carboxylic acid groups (broad SMARTS) is 1. The van der Waals surface area contributed by atoms with Crippen molar-refractivity contribution in [3.8, 4) is 0 Å². The summed E-state index contributed by atoms with van der Waals surface area (Å²) < 4.78 is 0. The monoisotopic (exact) mass is 321 g/mol. The molecule has 4 radical (unpaired) electrons. The Kier molecular flexibility index (Phi) is 136. The van der Waals surface area contributed by atoms with E-state index in [0.717, 1.165) is 6.92 Å². The maximum atomic E-state index is 8.89. The Labute approximate surface area is 66.8 Å². The molecule has 6 N–H and O–H groups in total. The van der Waals surface area contributed by atoms with Crippen LogP contribution in [0.2, 0.25) is 0 Å². The van der Waals surface area contributed by atoms with Gasteiger partial charge in [0.2, 0.25) is 0 Å². The molecule has 0 aromatic carbocycles. The Bertz CT molecular complexity index is 33.4. The third-order valence-electron chi connectivity index (χ3n) is 0. The summed E-state index contributed by atoms with van der Waals surface area (Å²) in [4.78, 5) is 8.89. The predicted molar refractivity (Wildman–Crippen MR) is 27.3 cm³/mol. The Morgan fingerprint density at radius 2 is 1.25 bits per heavy atom. The van der Waals surface area contributed by atoms with Gasteiger partial charge in [0.05, 0.1) is 0 Å². The molecule has 0 rings (SSSR count). The average Bonchev–Trinajstić information content (AvgIpc) is 0.811. The quantitative estimate of drug-likeness (QED) is 0.419. The summed E-state index contributed by atoms with van der Waals surface area (Å²) in [5.41, 5.74) is 0. The largest absolute Gasteiger partial charge is 0.550 e. The van der Waals surface area contributed by atoms with Gasteiger partial charge < -0.3 is 26.3 Å². The minimum absolute atomic E-state index is 0. The molecule has 0 aliphatic heterocycles. The van der Waals surface area contributed by atoms with Crippen LogP contribution in [-0.4, -0.2) is 49.7 Å². The molecule has 0 saturated heterocycles. The molecular weight excluding hydrogens is 311 g/mol. The van der Waals surface area contributed by atoms with Crippen molar-refractivity contribution in [1.82, 2.24) is 0 Å². The van der Waals surface area contributed by atoms with E-state index >= 15 is 0 Å². The second-order valence-corrected chi connectivity index (χ2v) is 0.492. The van der Waals surface area contributed by atoms with Crippen molar-refractivity contribution >= 4 is 33.3 Å². The second-order valence-electron chi connectivity index (χ2n) is 0.492. The standard InChI is InChI=1S/C2H4O2.3H2O.Pb/c1-2(3)4;;;;/h1H3,(H,3,4);3*1H2;/p-1.